The van der Waals surface area contributed by atoms with E-state index in [0.29, 0.717) is 16.9 Å². The van der Waals surface area contributed by atoms with Gasteiger partial charge >= 0.3 is 0 Å². The molecule has 5 rings (SSSR count). The molecule has 0 unspecified atom stereocenters. The summed E-state index contributed by atoms with van der Waals surface area (Å²) < 4.78 is 35.4. The highest BCUT2D eigenvalue weighted by molar-refractivity contribution is 5.95. The normalized spacial score (nSPS) is 19.1. The highest BCUT2D eigenvalue weighted by Gasteiger charge is 2.47. The molecule has 3 N–H and O–H groups in total. The summed E-state index contributed by atoms with van der Waals surface area (Å²) in [5.41, 5.74) is 0.734. The fourth-order valence-corrected chi connectivity index (χ4v) is 4.71. The molecule has 4 aromatic rings. The van der Waals surface area contributed by atoms with Crippen LogP contribution in [0.5, 0.6) is 5.88 Å². The van der Waals surface area contributed by atoms with E-state index in [9.17, 15) is 23.8 Å². The van der Waals surface area contributed by atoms with Gasteiger partial charge in [0.25, 0.3) is 5.91 Å². The van der Waals surface area contributed by atoms with Crippen LogP contribution in [-0.4, -0.2) is 38.2 Å². The standard InChI is InChI=1S/C26H23F2N3O4/c1-15-24(25(34)30-26(14-32)18-7-3-2-6-16(18)12-21(26)33)31-22(29-15)10-5-11-23(31)35-13-17-19(27)8-4-9-20(17)28/h2-11,21,32-33H,12-14H2,1H3,(H,30,34)/t21-,26-/m0/s1. The predicted octanol–water partition coefficient (Wildman–Crippen LogP) is 3.03. The molecule has 0 fully saturated rings. The average molecular weight is 479 g/mol. The zero-order valence-electron chi connectivity index (χ0n) is 18.8. The van der Waals surface area contributed by atoms with Crippen LogP contribution in [-0.2, 0) is 18.6 Å². The van der Waals surface area contributed by atoms with Crippen LogP contribution >= 0.6 is 0 Å². The number of ether oxygens (including phenoxy) is 1. The highest BCUT2D eigenvalue weighted by atomic mass is 19.1. The van der Waals surface area contributed by atoms with Crippen molar-refractivity contribution < 1.29 is 28.5 Å². The molecule has 1 amide bonds. The lowest BCUT2D eigenvalue weighted by Crippen LogP contribution is -2.54. The fraction of sp³-hybridized carbons (Fsp3) is 0.231. The van der Waals surface area contributed by atoms with E-state index in [4.69, 9.17) is 4.74 Å². The lowest BCUT2D eigenvalue weighted by atomic mass is 9.90. The molecule has 180 valence electrons. The maximum atomic E-state index is 14.1. The Morgan fingerprint density at radius 1 is 1.14 bits per heavy atom. The van der Waals surface area contributed by atoms with Crippen molar-refractivity contribution in [2.75, 3.05) is 6.61 Å². The minimum atomic E-state index is -1.39. The molecule has 0 bridgehead atoms. The van der Waals surface area contributed by atoms with Crippen molar-refractivity contribution in [3.63, 3.8) is 0 Å². The molecule has 2 heterocycles. The highest BCUT2D eigenvalue weighted by Crippen LogP contribution is 2.37. The number of nitrogens with zero attached hydrogens (tertiary/aromatic N) is 2. The second-order valence-electron chi connectivity index (χ2n) is 8.55. The summed E-state index contributed by atoms with van der Waals surface area (Å²) in [5, 5.41) is 23.9. The van der Waals surface area contributed by atoms with Gasteiger partial charge in [0, 0.05) is 6.42 Å². The summed E-state index contributed by atoms with van der Waals surface area (Å²) in [6.45, 7) is 0.734. The van der Waals surface area contributed by atoms with E-state index in [1.165, 1.54) is 10.5 Å². The quantitative estimate of drug-likeness (QED) is 0.395. The third-order valence-corrected chi connectivity index (χ3v) is 6.49. The first kappa shape index (κ1) is 22.9. The summed E-state index contributed by atoms with van der Waals surface area (Å²) in [4.78, 5) is 18.0. The Labute approximate surface area is 199 Å². The molecule has 2 atom stereocenters. The summed E-state index contributed by atoms with van der Waals surface area (Å²) in [6.07, 6.45) is -0.751. The number of rotatable bonds is 6. The van der Waals surface area contributed by atoms with E-state index in [1.807, 2.05) is 12.1 Å². The molecule has 2 aromatic carbocycles. The number of hydrogen-bond acceptors (Lipinski definition) is 5. The second kappa shape index (κ2) is 8.75. The van der Waals surface area contributed by atoms with Crippen LogP contribution in [0.25, 0.3) is 5.65 Å². The van der Waals surface area contributed by atoms with Gasteiger partial charge in [0.1, 0.15) is 35.1 Å². The van der Waals surface area contributed by atoms with E-state index < -0.39 is 42.4 Å². The smallest absolute Gasteiger partial charge is 0.271 e. The van der Waals surface area contributed by atoms with Gasteiger partial charge in [-0.05, 0) is 42.3 Å². The Morgan fingerprint density at radius 2 is 1.86 bits per heavy atom. The number of benzene rings is 2. The van der Waals surface area contributed by atoms with Gasteiger partial charge in [-0.2, -0.15) is 0 Å². The molecule has 1 aliphatic carbocycles. The van der Waals surface area contributed by atoms with Gasteiger partial charge in [-0.15, -0.1) is 0 Å². The van der Waals surface area contributed by atoms with Gasteiger partial charge in [-0.3, -0.25) is 9.20 Å². The monoisotopic (exact) mass is 479 g/mol. The van der Waals surface area contributed by atoms with E-state index in [2.05, 4.69) is 10.3 Å². The van der Waals surface area contributed by atoms with Crippen molar-refractivity contribution in [3.05, 3.63) is 100 Å². The molecule has 1 aliphatic rings. The molecule has 35 heavy (non-hydrogen) atoms. The van der Waals surface area contributed by atoms with E-state index in [-0.39, 0.29) is 23.6 Å². The lowest BCUT2D eigenvalue weighted by Gasteiger charge is -2.33. The number of aliphatic hydroxyl groups excluding tert-OH is 2. The number of pyridine rings is 1. The zero-order chi connectivity index (χ0) is 24.7. The van der Waals surface area contributed by atoms with E-state index in [1.54, 1.807) is 37.3 Å². The third-order valence-electron chi connectivity index (χ3n) is 6.49. The maximum Gasteiger partial charge on any atom is 0.271 e. The van der Waals surface area contributed by atoms with Gasteiger partial charge in [-0.25, -0.2) is 13.8 Å². The minimum absolute atomic E-state index is 0.119. The number of aliphatic hydroxyl groups is 2. The summed E-state index contributed by atoms with van der Waals surface area (Å²) >= 11 is 0. The number of amides is 1. The Hall–Kier alpha value is -3.82. The lowest BCUT2D eigenvalue weighted by molar-refractivity contribution is 0.0267. The molecule has 0 spiro atoms. The Morgan fingerprint density at radius 3 is 2.60 bits per heavy atom. The van der Waals surface area contributed by atoms with Gasteiger partial charge in [0.2, 0.25) is 0 Å². The van der Waals surface area contributed by atoms with Gasteiger partial charge in [0.05, 0.1) is 24.0 Å². The SMILES string of the molecule is Cc1nc2cccc(OCc3c(F)cccc3F)n2c1C(=O)N[C@@]1(CO)c2ccccc2C[C@@H]1O. The van der Waals surface area contributed by atoms with Crippen molar-refractivity contribution in [2.24, 2.45) is 0 Å². The van der Waals surface area contributed by atoms with Crippen LogP contribution in [0.2, 0.25) is 0 Å². The average Bonchev–Trinajstić information content (AvgIpc) is 3.32. The maximum absolute atomic E-state index is 14.1. The number of hydrogen-bond donors (Lipinski definition) is 3. The van der Waals surface area contributed by atoms with Crippen molar-refractivity contribution in [1.82, 2.24) is 14.7 Å². The van der Waals surface area contributed by atoms with Crippen LogP contribution in [0.15, 0.2) is 60.7 Å². The first-order chi connectivity index (χ1) is 16.9. The molecule has 0 radical (unpaired) electrons. The predicted molar refractivity (Wildman–Crippen MR) is 123 cm³/mol. The summed E-state index contributed by atoms with van der Waals surface area (Å²) in [7, 11) is 0. The molecule has 0 aliphatic heterocycles. The van der Waals surface area contributed by atoms with Crippen LogP contribution in [0.3, 0.4) is 0 Å². The molecule has 7 nitrogen and oxygen atoms in total. The third kappa shape index (κ3) is 3.73. The number of aryl methyl sites for hydroxylation is 1. The fourth-order valence-electron chi connectivity index (χ4n) is 4.71. The van der Waals surface area contributed by atoms with Crippen molar-refractivity contribution >= 4 is 11.6 Å². The van der Waals surface area contributed by atoms with Gasteiger partial charge in [0.15, 0.2) is 5.88 Å². The number of halogens is 2. The van der Waals surface area contributed by atoms with Crippen LogP contribution < -0.4 is 10.1 Å². The Bertz CT molecular complexity index is 1420. The number of carbonyl (C=O) groups excluding carboxylic acids is 1. The summed E-state index contributed by atoms with van der Waals surface area (Å²) in [6, 6.07) is 15.6. The second-order valence-corrected chi connectivity index (χ2v) is 8.55. The number of imidazole rings is 1. The zero-order valence-corrected chi connectivity index (χ0v) is 18.8. The van der Waals surface area contributed by atoms with Crippen molar-refractivity contribution in [1.29, 1.82) is 0 Å². The molecule has 0 saturated carbocycles. The van der Waals surface area contributed by atoms with Crippen LogP contribution in [0.4, 0.5) is 8.78 Å². The van der Waals surface area contributed by atoms with Gasteiger partial charge < -0.3 is 20.3 Å². The minimum Gasteiger partial charge on any atom is -0.473 e. The van der Waals surface area contributed by atoms with Crippen molar-refractivity contribution in [3.8, 4) is 5.88 Å². The largest absolute Gasteiger partial charge is 0.473 e. The molecular weight excluding hydrogens is 456 g/mol. The molecule has 0 saturated heterocycles. The Kier molecular flexibility index (Phi) is 5.74. The number of nitrogens with one attached hydrogen (secondary N) is 1. The molecule has 2 aromatic heterocycles. The van der Waals surface area contributed by atoms with Gasteiger partial charge in [-0.1, -0.05) is 36.4 Å². The first-order valence-corrected chi connectivity index (χ1v) is 11.1. The molecular formula is C26H23F2N3O4. The number of carbonyl (C=O) groups is 1. The van der Waals surface area contributed by atoms with Crippen molar-refractivity contribution in [2.45, 2.75) is 31.6 Å². The van der Waals surface area contributed by atoms with Crippen LogP contribution in [0, 0.1) is 18.6 Å². The van der Waals surface area contributed by atoms with E-state index in [0.717, 1.165) is 17.7 Å². The van der Waals surface area contributed by atoms with E-state index >= 15 is 0 Å². The van der Waals surface area contributed by atoms with Crippen LogP contribution in [0.1, 0.15) is 32.9 Å². The summed E-state index contributed by atoms with van der Waals surface area (Å²) in [5.74, 6) is -1.92. The first-order valence-electron chi connectivity index (χ1n) is 11.1. The molecule has 9 heteroatoms. The topological polar surface area (TPSA) is 96.1 Å². The Balaban J connectivity index is 1.52. The number of aromatic nitrogens is 2. The number of fused-ring (bicyclic) bond motifs is 2.